The summed E-state index contributed by atoms with van der Waals surface area (Å²) in [6, 6.07) is 17.4. The molecule has 0 aliphatic heterocycles. The highest BCUT2D eigenvalue weighted by molar-refractivity contribution is 6.04. The number of rotatable bonds is 5. The van der Waals surface area contributed by atoms with E-state index in [0.29, 0.717) is 22.9 Å². The molecule has 0 fully saturated rings. The van der Waals surface area contributed by atoms with Crippen molar-refractivity contribution in [3.8, 4) is 22.6 Å². The summed E-state index contributed by atoms with van der Waals surface area (Å²) in [7, 11) is 0. The maximum absolute atomic E-state index is 13.7. The highest BCUT2D eigenvalue weighted by Gasteiger charge is 2.13. The van der Waals surface area contributed by atoms with Crippen LogP contribution in [0.3, 0.4) is 0 Å². The highest BCUT2D eigenvalue weighted by Crippen LogP contribution is 2.30. The molecule has 0 aliphatic rings. The number of pyridine rings is 2. The van der Waals surface area contributed by atoms with Crippen molar-refractivity contribution in [3.63, 3.8) is 0 Å². The minimum atomic E-state index is -0.416. The van der Waals surface area contributed by atoms with Gasteiger partial charge in [-0.15, -0.1) is 0 Å². The van der Waals surface area contributed by atoms with Crippen LogP contribution in [0.15, 0.2) is 79.3 Å². The number of anilines is 1. The van der Waals surface area contributed by atoms with Crippen LogP contribution in [0, 0.1) is 19.7 Å². The summed E-state index contributed by atoms with van der Waals surface area (Å²) >= 11 is 0. The summed E-state index contributed by atoms with van der Waals surface area (Å²) in [5, 5.41) is 2.72. The lowest BCUT2D eigenvalue weighted by atomic mass is 10.0. The molecule has 6 heteroatoms. The molecule has 1 amide bonds. The molecule has 2 heterocycles. The zero-order chi connectivity index (χ0) is 21.8. The molecule has 0 atom stereocenters. The van der Waals surface area contributed by atoms with Gasteiger partial charge in [-0.1, -0.05) is 12.1 Å². The number of hydrogen-bond donors (Lipinski definition) is 1. The van der Waals surface area contributed by atoms with Gasteiger partial charge >= 0.3 is 0 Å². The van der Waals surface area contributed by atoms with Gasteiger partial charge in [-0.25, -0.2) is 9.37 Å². The first-order valence-electron chi connectivity index (χ1n) is 9.72. The maximum Gasteiger partial charge on any atom is 0.257 e. The number of carbonyl (C=O) groups is 1. The van der Waals surface area contributed by atoms with Gasteiger partial charge in [0.15, 0.2) is 0 Å². The van der Waals surface area contributed by atoms with E-state index < -0.39 is 11.7 Å². The van der Waals surface area contributed by atoms with E-state index in [1.807, 2.05) is 31.2 Å². The topological polar surface area (TPSA) is 64.1 Å². The molecule has 0 spiro atoms. The number of nitrogens with one attached hydrogen (secondary N) is 1. The fraction of sp³-hybridized carbons (Fsp3) is 0.0800. The van der Waals surface area contributed by atoms with Crippen molar-refractivity contribution in [1.82, 2.24) is 9.97 Å². The normalized spacial score (nSPS) is 10.5. The largest absolute Gasteiger partial charge is 0.457 e. The number of benzene rings is 2. The van der Waals surface area contributed by atoms with Crippen LogP contribution in [0.1, 0.15) is 21.5 Å². The molecule has 5 nitrogen and oxygen atoms in total. The minimum Gasteiger partial charge on any atom is -0.457 e. The van der Waals surface area contributed by atoms with Gasteiger partial charge < -0.3 is 10.1 Å². The SMILES string of the molecule is Cc1ccc(Oc2ccncc2)cc1-c1ccc(NC(=O)c2cccc(F)c2C)nc1. The number of carbonyl (C=O) groups excluding carboxylic acids is 1. The van der Waals surface area contributed by atoms with Crippen LogP contribution in [0.2, 0.25) is 0 Å². The monoisotopic (exact) mass is 413 g/mol. The van der Waals surface area contributed by atoms with Crippen molar-refractivity contribution in [1.29, 1.82) is 0 Å². The second-order valence-corrected chi connectivity index (χ2v) is 7.06. The molecule has 0 unspecified atom stereocenters. The summed E-state index contributed by atoms with van der Waals surface area (Å²) in [6.07, 6.45) is 5.03. The molecule has 0 radical (unpaired) electrons. The second kappa shape index (κ2) is 8.75. The molecule has 2 aromatic heterocycles. The highest BCUT2D eigenvalue weighted by atomic mass is 19.1. The zero-order valence-electron chi connectivity index (χ0n) is 17.1. The van der Waals surface area contributed by atoms with Gasteiger partial charge in [-0.05, 0) is 79.1 Å². The maximum atomic E-state index is 13.7. The first-order chi connectivity index (χ1) is 15.0. The van der Waals surface area contributed by atoms with Crippen LogP contribution in [-0.4, -0.2) is 15.9 Å². The Bertz CT molecular complexity index is 1230. The van der Waals surface area contributed by atoms with Gasteiger partial charge in [0.2, 0.25) is 0 Å². The van der Waals surface area contributed by atoms with Crippen LogP contribution >= 0.6 is 0 Å². The Morgan fingerprint density at radius 3 is 2.52 bits per heavy atom. The van der Waals surface area contributed by atoms with E-state index in [1.54, 1.807) is 49.8 Å². The van der Waals surface area contributed by atoms with Gasteiger partial charge in [-0.3, -0.25) is 9.78 Å². The third kappa shape index (κ3) is 4.59. The summed E-state index contributed by atoms with van der Waals surface area (Å²) in [4.78, 5) is 20.8. The minimum absolute atomic E-state index is 0.280. The Labute approximate surface area is 179 Å². The lowest BCUT2D eigenvalue weighted by Crippen LogP contribution is -2.14. The van der Waals surface area contributed by atoms with Gasteiger partial charge in [0.05, 0.1) is 0 Å². The van der Waals surface area contributed by atoms with Crippen LogP contribution < -0.4 is 10.1 Å². The molecule has 0 saturated heterocycles. The summed E-state index contributed by atoms with van der Waals surface area (Å²) in [6.45, 7) is 3.58. The van der Waals surface area contributed by atoms with Crippen LogP contribution in [-0.2, 0) is 0 Å². The van der Waals surface area contributed by atoms with Crippen LogP contribution in [0.5, 0.6) is 11.5 Å². The molecular weight excluding hydrogens is 393 g/mol. The van der Waals surface area contributed by atoms with Gasteiger partial charge in [0.25, 0.3) is 5.91 Å². The predicted octanol–water partition coefficient (Wildman–Crippen LogP) is 5.94. The third-order valence-electron chi connectivity index (χ3n) is 4.92. The number of amides is 1. The van der Waals surface area contributed by atoms with Crippen molar-refractivity contribution in [2.45, 2.75) is 13.8 Å². The summed E-state index contributed by atoms with van der Waals surface area (Å²) in [5.41, 5.74) is 3.51. The van der Waals surface area contributed by atoms with Crippen molar-refractivity contribution in [2.75, 3.05) is 5.32 Å². The van der Waals surface area contributed by atoms with Gasteiger partial charge in [-0.2, -0.15) is 0 Å². The summed E-state index contributed by atoms with van der Waals surface area (Å²) in [5.74, 6) is 0.972. The van der Waals surface area contributed by atoms with E-state index >= 15 is 0 Å². The molecule has 0 bridgehead atoms. The average molecular weight is 413 g/mol. The molecule has 0 saturated carbocycles. The molecule has 0 aliphatic carbocycles. The second-order valence-electron chi connectivity index (χ2n) is 7.06. The average Bonchev–Trinajstić information content (AvgIpc) is 2.78. The van der Waals surface area contributed by atoms with Crippen LogP contribution in [0.4, 0.5) is 10.2 Å². The lowest BCUT2D eigenvalue weighted by molar-refractivity contribution is 0.102. The standard InChI is InChI=1S/C25H20FN3O2/c1-16-6-8-20(31-19-10-12-27-13-11-19)14-22(16)18-7-9-24(28-15-18)29-25(30)21-4-3-5-23(26)17(21)2/h3-15H,1-2H3,(H,28,29,30). The number of hydrogen-bond acceptors (Lipinski definition) is 4. The molecule has 2 aromatic carbocycles. The van der Waals surface area contributed by atoms with Crippen molar-refractivity contribution < 1.29 is 13.9 Å². The Hall–Kier alpha value is -4.06. The van der Waals surface area contributed by atoms with E-state index in [9.17, 15) is 9.18 Å². The van der Waals surface area contributed by atoms with E-state index in [4.69, 9.17) is 4.74 Å². The Kier molecular flexibility index (Phi) is 5.71. The fourth-order valence-corrected chi connectivity index (χ4v) is 3.18. The first-order valence-corrected chi connectivity index (χ1v) is 9.72. The lowest BCUT2D eigenvalue weighted by Gasteiger charge is -2.11. The quantitative estimate of drug-likeness (QED) is 0.439. The Morgan fingerprint density at radius 1 is 0.968 bits per heavy atom. The Balaban J connectivity index is 1.53. The van der Waals surface area contributed by atoms with Crippen molar-refractivity contribution >= 4 is 11.7 Å². The predicted molar refractivity (Wildman–Crippen MR) is 118 cm³/mol. The molecule has 31 heavy (non-hydrogen) atoms. The number of halogens is 1. The number of nitrogens with zero attached hydrogens (tertiary/aromatic N) is 2. The van der Waals surface area contributed by atoms with Gasteiger partial charge in [0, 0.05) is 29.7 Å². The van der Waals surface area contributed by atoms with E-state index in [2.05, 4.69) is 15.3 Å². The van der Waals surface area contributed by atoms with E-state index in [1.165, 1.54) is 12.1 Å². The molecule has 1 N–H and O–H groups in total. The van der Waals surface area contributed by atoms with Crippen molar-refractivity contribution in [2.24, 2.45) is 0 Å². The number of aromatic nitrogens is 2. The number of ether oxygens (including phenoxy) is 1. The fourth-order valence-electron chi connectivity index (χ4n) is 3.18. The zero-order valence-corrected chi connectivity index (χ0v) is 17.1. The van der Waals surface area contributed by atoms with Crippen molar-refractivity contribution in [3.05, 3.63) is 102 Å². The van der Waals surface area contributed by atoms with Crippen LogP contribution in [0.25, 0.3) is 11.1 Å². The molecule has 154 valence electrons. The molecule has 4 aromatic rings. The third-order valence-corrected chi connectivity index (χ3v) is 4.92. The first kappa shape index (κ1) is 20.2. The summed E-state index contributed by atoms with van der Waals surface area (Å²) < 4.78 is 19.6. The molecule has 4 rings (SSSR count). The number of aryl methyl sites for hydroxylation is 1. The Morgan fingerprint density at radius 2 is 1.77 bits per heavy atom. The van der Waals surface area contributed by atoms with E-state index in [-0.39, 0.29) is 5.56 Å². The van der Waals surface area contributed by atoms with E-state index in [0.717, 1.165) is 16.7 Å². The van der Waals surface area contributed by atoms with Gasteiger partial charge in [0.1, 0.15) is 23.1 Å². The molecular formula is C25H20FN3O2. The smallest absolute Gasteiger partial charge is 0.257 e.